The van der Waals surface area contributed by atoms with Crippen LogP contribution in [0.2, 0.25) is 0 Å². The first kappa shape index (κ1) is 25.4. The third-order valence-corrected chi connectivity index (χ3v) is 7.59. The lowest BCUT2D eigenvalue weighted by molar-refractivity contribution is -0.115. The molecule has 4 rings (SSSR count). The highest BCUT2D eigenvalue weighted by molar-refractivity contribution is 8.00. The predicted octanol–water partition coefficient (Wildman–Crippen LogP) is 6.20. The first-order chi connectivity index (χ1) is 16.8. The Labute approximate surface area is 211 Å². The molecule has 0 aliphatic carbocycles. The maximum Gasteiger partial charge on any atom is 0.237 e. The molecule has 0 saturated carbocycles. The zero-order valence-corrected chi connectivity index (χ0v) is 21.7. The Morgan fingerprint density at radius 2 is 1.66 bits per heavy atom. The lowest BCUT2D eigenvalue weighted by Crippen LogP contribution is -2.33. The van der Waals surface area contributed by atoms with E-state index in [9.17, 15) is 9.18 Å². The van der Waals surface area contributed by atoms with Crippen LogP contribution in [-0.2, 0) is 4.79 Å². The van der Waals surface area contributed by atoms with Crippen LogP contribution in [0.25, 0.3) is 5.69 Å². The van der Waals surface area contributed by atoms with Gasteiger partial charge < -0.3 is 5.32 Å². The van der Waals surface area contributed by atoms with E-state index in [1.165, 1.54) is 43.2 Å². The fourth-order valence-corrected chi connectivity index (χ4v) is 5.36. The Hall–Kier alpha value is -2.71. The minimum absolute atomic E-state index is 0.0595. The maximum absolute atomic E-state index is 13.7. The van der Waals surface area contributed by atoms with Crippen molar-refractivity contribution in [3.63, 3.8) is 0 Å². The molecular weight excluding hydrogens is 461 g/mol. The van der Waals surface area contributed by atoms with Crippen LogP contribution in [0.4, 0.5) is 10.1 Å². The lowest BCUT2D eigenvalue weighted by atomic mass is 10.0. The van der Waals surface area contributed by atoms with E-state index < -0.39 is 5.25 Å². The second kappa shape index (κ2) is 11.4. The molecule has 1 aliphatic heterocycles. The first-order valence-corrected chi connectivity index (χ1v) is 13.2. The van der Waals surface area contributed by atoms with E-state index in [2.05, 4.69) is 41.2 Å². The SMILES string of the molecule is CC(Sc1nnc(C(C)N2CCCCC2)n1-c1ccc(F)cc1)C(=O)Nc1ccccc1C(C)C. The number of aromatic nitrogens is 3. The number of carbonyl (C=O) groups is 1. The minimum Gasteiger partial charge on any atom is -0.325 e. The number of halogens is 1. The molecule has 1 saturated heterocycles. The molecule has 2 unspecified atom stereocenters. The van der Waals surface area contributed by atoms with Gasteiger partial charge in [-0.1, -0.05) is 50.2 Å². The largest absolute Gasteiger partial charge is 0.325 e. The first-order valence-electron chi connectivity index (χ1n) is 12.4. The Morgan fingerprint density at radius 3 is 2.34 bits per heavy atom. The van der Waals surface area contributed by atoms with Crippen LogP contribution in [0, 0.1) is 5.82 Å². The van der Waals surface area contributed by atoms with E-state index in [1.54, 1.807) is 12.1 Å². The van der Waals surface area contributed by atoms with Gasteiger partial charge in [-0.2, -0.15) is 0 Å². The smallest absolute Gasteiger partial charge is 0.237 e. The van der Waals surface area contributed by atoms with Gasteiger partial charge in [0.1, 0.15) is 5.82 Å². The summed E-state index contributed by atoms with van der Waals surface area (Å²) in [6.07, 6.45) is 3.60. The summed E-state index contributed by atoms with van der Waals surface area (Å²) in [4.78, 5) is 15.5. The van der Waals surface area contributed by atoms with Crippen molar-refractivity contribution in [3.05, 3.63) is 65.7 Å². The van der Waals surface area contributed by atoms with Crippen molar-refractivity contribution >= 4 is 23.4 Å². The molecule has 0 bridgehead atoms. The van der Waals surface area contributed by atoms with Gasteiger partial charge in [0.25, 0.3) is 0 Å². The van der Waals surface area contributed by atoms with Crippen LogP contribution in [0.5, 0.6) is 0 Å². The summed E-state index contributed by atoms with van der Waals surface area (Å²) in [5, 5.41) is 12.3. The Morgan fingerprint density at radius 1 is 0.971 bits per heavy atom. The second-order valence-electron chi connectivity index (χ2n) is 9.42. The molecule has 0 radical (unpaired) electrons. The molecule has 1 aliphatic rings. The van der Waals surface area contributed by atoms with Gasteiger partial charge in [0.15, 0.2) is 11.0 Å². The molecule has 3 aromatic rings. The summed E-state index contributed by atoms with van der Waals surface area (Å²) in [7, 11) is 0. The molecule has 35 heavy (non-hydrogen) atoms. The Kier molecular flexibility index (Phi) is 8.23. The number of hydrogen-bond donors (Lipinski definition) is 1. The number of likely N-dealkylation sites (tertiary alicyclic amines) is 1. The molecule has 2 heterocycles. The van der Waals surface area contributed by atoms with Crippen molar-refractivity contribution in [1.29, 1.82) is 0 Å². The molecular formula is C27H34FN5OS. The van der Waals surface area contributed by atoms with Crippen LogP contribution < -0.4 is 5.32 Å². The number of carbonyl (C=O) groups excluding carboxylic acids is 1. The number of para-hydroxylation sites is 1. The van der Waals surface area contributed by atoms with E-state index in [0.29, 0.717) is 11.1 Å². The third-order valence-electron chi connectivity index (χ3n) is 6.55. The predicted molar refractivity (Wildman–Crippen MR) is 140 cm³/mol. The zero-order valence-electron chi connectivity index (χ0n) is 20.9. The van der Waals surface area contributed by atoms with Gasteiger partial charge >= 0.3 is 0 Å². The van der Waals surface area contributed by atoms with Gasteiger partial charge in [0.05, 0.1) is 11.3 Å². The van der Waals surface area contributed by atoms with E-state index in [4.69, 9.17) is 0 Å². The second-order valence-corrected chi connectivity index (χ2v) is 10.7. The number of thioether (sulfide) groups is 1. The molecule has 1 N–H and O–H groups in total. The van der Waals surface area contributed by atoms with Crippen LogP contribution in [0.3, 0.4) is 0 Å². The topological polar surface area (TPSA) is 63.1 Å². The Bertz CT molecular complexity index is 1140. The molecule has 1 amide bonds. The molecule has 1 aromatic heterocycles. The van der Waals surface area contributed by atoms with Crippen LogP contribution in [0.1, 0.15) is 70.3 Å². The summed E-state index contributed by atoms with van der Waals surface area (Å²) >= 11 is 1.36. The van der Waals surface area contributed by atoms with Crippen molar-refractivity contribution in [1.82, 2.24) is 19.7 Å². The third kappa shape index (κ3) is 5.93. The number of piperidine rings is 1. The zero-order chi connectivity index (χ0) is 24.9. The normalized spacial score (nSPS) is 16.3. The average Bonchev–Trinajstić information content (AvgIpc) is 3.28. The van der Waals surface area contributed by atoms with Gasteiger partial charge in [-0.25, -0.2) is 4.39 Å². The van der Waals surface area contributed by atoms with Crippen molar-refractivity contribution in [2.75, 3.05) is 18.4 Å². The summed E-state index contributed by atoms with van der Waals surface area (Å²) in [5.74, 6) is 0.717. The number of nitrogens with zero attached hydrogens (tertiary/aromatic N) is 4. The van der Waals surface area contributed by atoms with Crippen LogP contribution >= 0.6 is 11.8 Å². The highest BCUT2D eigenvalue weighted by Crippen LogP contribution is 2.32. The average molecular weight is 496 g/mol. The fourth-order valence-electron chi connectivity index (χ4n) is 4.49. The van der Waals surface area contributed by atoms with Crippen molar-refractivity contribution in [2.45, 2.75) is 69.3 Å². The molecule has 6 nitrogen and oxygen atoms in total. The summed E-state index contributed by atoms with van der Waals surface area (Å²) in [5.41, 5.74) is 2.72. The van der Waals surface area contributed by atoms with E-state index in [-0.39, 0.29) is 17.8 Å². The number of nitrogens with one attached hydrogen (secondary N) is 1. The highest BCUT2D eigenvalue weighted by Gasteiger charge is 2.27. The fraction of sp³-hybridized carbons (Fsp3) is 0.444. The molecule has 2 aromatic carbocycles. The quantitative estimate of drug-likeness (QED) is 0.377. The van der Waals surface area contributed by atoms with Crippen LogP contribution in [-0.4, -0.2) is 43.9 Å². The number of benzene rings is 2. The summed E-state index contributed by atoms with van der Waals surface area (Å²) in [6, 6.07) is 14.3. The monoisotopic (exact) mass is 495 g/mol. The number of hydrogen-bond acceptors (Lipinski definition) is 5. The number of amides is 1. The number of anilines is 1. The number of rotatable bonds is 8. The van der Waals surface area contributed by atoms with Crippen molar-refractivity contribution in [3.8, 4) is 5.69 Å². The van der Waals surface area contributed by atoms with E-state index in [0.717, 1.165) is 35.9 Å². The van der Waals surface area contributed by atoms with Gasteiger partial charge in [-0.15, -0.1) is 10.2 Å². The summed E-state index contributed by atoms with van der Waals surface area (Å²) < 4.78 is 15.7. The summed E-state index contributed by atoms with van der Waals surface area (Å²) in [6.45, 7) is 10.3. The van der Waals surface area contributed by atoms with E-state index in [1.807, 2.05) is 35.8 Å². The minimum atomic E-state index is -0.406. The molecule has 2 atom stereocenters. The van der Waals surface area contributed by atoms with E-state index >= 15 is 0 Å². The van der Waals surface area contributed by atoms with Gasteiger partial charge in [-0.3, -0.25) is 14.3 Å². The maximum atomic E-state index is 13.7. The molecule has 0 spiro atoms. The molecule has 1 fully saturated rings. The Balaban J connectivity index is 1.59. The van der Waals surface area contributed by atoms with Gasteiger partial charge in [0.2, 0.25) is 5.91 Å². The molecule has 186 valence electrons. The van der Waals surface area contributed by atoms with Crippen molar-refractivity contribution in [2.24, 2.45) is 0 Å². The molecule has 8 heteroatoms. The van der Waals surface area contributed by atoms with Crippen molar-refractivity contribution < 1.29 is 9.18 Å². The van der Waals surface area contributed by atoms with Gasteiger partial charge in [0, 0.05) is 11.4 Å². The highest BCUT2D eigenvalue weighted by atomic mass is 32.2. The van der Waals surface area contributed by atoms with Gasteiger partial charge in [-0.05, 0) is 81.6 Å². The lowest BCUT2D eigenvalue weighted by Gasteiger charge is -2.32. The standard InChI is InChI=1S/C27H34FN5OS/c1-18(2)23-10-6-7-11-24(23)29-26(34)20(4)35-27-31-30-25(19(3)32-16-8-5-9-17-32)33(27)22-14-12-21(28)13-15-22/h6-7,10-15,18-20H,5,8-9,16-17H2,1-4H3,(H,29,34). The van der Waals surface area contributed by atoms with Crippen LogP contribution in [0.15, 0.2) is 53.7 Å².